The van der Waals surface area contributed by atoms with E-state index in [1.807, 2.05) is 6.92 Å². The van der Waals surface area contributed by atoms with Crippen LogP contribution in [0.25, 0.3) is 0 Å². The van der Waals surface area contributed by atoms with Crippen LogP contribution in [0.2, 0.25) is 0 Å². The van der Waals surface area contributed by atoms with Crippen LogP contribution in [0, 0.1) is 0 Å². The maximum absolute atomic E-state index is 12.7. The molecule has 0 aliphatic carbocycles. The minimum Gasteiger partial charge on any atom is -0.395 e. The van der Waals surface area contributed by atoms with E-state index in [-0.39, 0.29) is 11.8 Å². The predicted molar refractivity (Wildman–Crippen MR) is 79.8 cm³/mol. The number of nitrogens with two attached hydrogens (primary N) is 1. The molecule has 1 aliphatic rings. The first-order valence-corrected chi connectivity index (χ1v) is 7.31. The first kappa shape index (κ1) is 15.3. The average molecular weight is 293 g/mol. The minimum absolute atomic E-state index is 0.0533. The van der Waals surface area contributed by atoms with Crippen LogP contribution in [0.5, 0.6) is 0 Å². The van der Waals surface area contributed by atoms with Crippen molar-refractivity contribution in [1.82, 2.24) is 19.6 Å². The summed E-state index contributed by atoms with van der Waals surface area (Å²) in [6.45, 7) is 5.95. The van der Waals surface area contributed by atoms with Crippen molar-refractivity contribution in [2.45, 2.75) is 26.7 Å². The van der Waals surface area contributed by atoms with Crippen molar-refractivity contribution >= 4 is 17.5 Å². The lowest BCUT2D eigenvalue weighted by atomic mass is 10.2. The first-order chi connectivity index (χ1) is 9.95. The zero-order valence-corrected chi connectivity index (χ0v) is 12.9. The fraction of sp³-hybridized carbons (Fsp3) is 0.643. The lowest BCUT2D eigenvalue weighted by molar-refractivity contribution is -0.128. The summed E-state index contributed by atoms with van der Waals surface area (Å²) in [7, 11) is 1.74. The Kier molecular flexibility index (Phi) is 4.50. The quantitative estimate of drug-likeness (QED) is 0.847. The Hall–Kier alpha value is -2.05. The molecule has 2 amide bonds. The Morgan fingerprint density at radius 1 is 1.19 bits per heavy atom. The summed E-state index contributed by atoms with van der Waals surface area (Å²) in [5, 5.41) is 4.29. The molecule has 0 atom stereocenters. The molecule has 116 valence electrons. The van der Waals surface area contributed by atoms with Gasteiger partial charge in [0.2, 0.25) is 5.91 Å². The van der Waals surface area contributed by atoms with Gasteiger partial charge in [-0.15, -0.1) is 0 Å². The standard InChI is InChI=1S/C14H23N5O2/c1-4-11-12(15)13(17(3)16-11)14(21)19-7-5-6-18(8-9-19)10(2)20/h4-9,15H2,1-3H3. The van der Waals surface area contributed by atoms with E-state index < -0.39 is 0 Å². The smallest absolute Gasteiger partial charge is 0.274 e. The summed E-state index contributed by atoms with van der Waals surface area (Å²) < 4.78 is 1.56. The van der Waals surface area contributed by atoms with Crippen molar-refractivity contribution < 1.29 is 9.59 Å². The van der Waals surface area contributed by atoms with E-state index in [1.165, 1.54) is 0 Å². The number of hydrogen-bond donors (Lipinski definition) is 1. The second-order valence-electron chi connectivity index (χ2n) is 5.34. The van der Waals surface area contributed by atoms with Crippen LogP contribution in [0.3, 0.4) is 0 Å². The number of carbonyl (C=O) groups excluding carboxylic acids is 2. The largest absolute Gasteiger partial charge is 0.395 e. The number of aryl methyl sites for hydroxylation is 2. The van der Waals surface area contributed by atoms with Crippen LogP contribution < -0.4 is 5.73 Å². The molecule has 1 aromatic rings. The minimum atomic E-state index is -0.104. The van der Waals surface area contributed by atoms with Crippen LogP contribution >= 0.6 is 0 Å². The lowest BCUT2D eigenvalue weighted by Gasteiger charge is -2.21. The number of nitrogen functional groups attached to an aromatic ring is 1. The van der Waals surface area contributed by atoms with Gasteiger partial charge in [0.1, 0.15) is 5.69 Å². The molecule has 0 radical (unpaired) electrons. The van der Waals surface area contributed by atoms with Gasteiger partial charge in [0, 0.05) is 40.2 Å². The van der Waals surface area contributed by atoms with Crippen molar-refractivity contribution in [2.75, 3.05) is 31.9 Å². The second-order valence-corrected chi connectivity index (χ2v) is 5.34. The van der Waals surface area contributed by atoms with Gasteiger partial charge in [0.25, 0.3) is 5.91 Å². The molecule has 0 aromatic carbocycles. The highest BCUT2D eigenvalue weighted by molar-refractivity contribution is 5.98. The van der Waals surface area contributed by atoms with E-state index in [0.717, 1.165) is 12.1 Å². The topological polar surface area (TPSA) is 84.5 Å². The van der Waals surface area contributed by atoms with E-state index in [9.17, 15) is 9.59 Å². The number of anilines is 1. The molecule has 2 heterocycles. The zero-order chi connectivity index (χ0) is 15.6. The molecule has 7 heteroatoms. The monoisotopic (exact) mass is 293 g/mol. The van der Waals surface area contributed by atoms with Crippen molar-refractivity contribution in [3.8, 4) is 0 Å². The summed E-state index contributed by atoms with van der Waals surface area (Å²) in [6, 6.07) is 0. The maximum atomic E-state index is 12.7. The molecule has 0 unspecified atom stereocenters. The van der Waals surface area contributed by atoms with E-state index in [0.29, 0.717) is 44.0 Å². The third kappa shape index (κ3) is 3.01. The molecular formula is C14H23N5O2. The SMILES string of the molecule is CCc1nn(C)c(C(=O)N2CCCN(C(C)=O)CC2)c1N. The first-order valence-electron chi connectivity index (χ1n) is 7.31. The van der Waals surface area contributed by atoms with Crippen LogP contribution in [-0.4, -0.2) is 57.6 Å². The van der Waals surface area contributed by atoms with Gasteiger partial charge in [0.15, 0.2) is 0 Å². The van der Waals surface area contributed by atoms with Gasteiger partial charge in [-0.3, -0.25) is 14.3 Å². The summed E-state index contributed by atoms with van der Waals surface area (Å²) in [6.07, 6.45) is 1.48. The van der Waals surface area contributed by atoms with Gasteiger partial charge in [-0.1, -0.05) is 6.92 Å². The molecule has 7 nitrogen and oxygen atoms in total. The number of rotatable bonds is 2. The molecule has 21 heavy (non-hydrogen) atoms. The Labute approximate surface area is 124 Å². The lowest BCUT2D eigenvalue weighted by Crippen LogP contribution is -2.37. The Morgan fingerprint density at radius 3 is 2.38 bits per heavy atom. The van der Waals surface area contributed by atoms with Gasteiger partial charge in [-0.05, 0) is 12.8 Å². The highest BCUT2D eigenvalue weighted by Gasteiger charge is 2.26. The van der Waals surface area contributed by atoms with E-state index in [1.54, 1.807) is 28.5 Å². The van der Waals surface area contributed by atoms with Crippen molar-refractivity contribution in [1.29, 1.82) is 0 Å². The molecule has 1 aromatic heterocycles. The molecule has 1 saturated heterocycles. The molecule has 0 saturated carbocycles. The maximum Gasteiger partial charge on any atom is 0.274 e. The molecule has 0 bridgehead atoms. The summed E-state index contributed by atoms with van der Waals surface area (Å²) >= 11 is 0. The Bertz CT molecular complexity index is 552. The molecule has 0 spiro atoms. The van der Waals surface area contributed by atoms with Crippen LogP contribution in [-0.2, 0) is 18.3 Å². The van der Waals surface area contributed by atoms with Crippen molar-refractivity contribution in [3.05, 3.63) is 11.4 Å². The number of nitrogens with zero attached hydrogens (tertiary/aromatic N) is 4. The predicted octanol–water partition coefficient (Wildman–Crippen LogP) is 0.259. The number of hydrogen-bond acceptors (Lipinski definition) is 4. The summed E-state index contributed by atoms with van der Waals surface area (Å²) in [4.78, 5) is 27.7. The van der Waals surface area contributed by atoms with Gasteiger partial charge in [-0.2, -0.15) is 5.10 Å². The van der Waals surface area contributed by atoms with E-state index in [4.69, 9.17) is 5.73 Å². The molecule has 1 aliphatic heterocycles. The van der Waals surface area contributed by atoms with Crippen LogP contribution in [0.4, 0.5) is 5.69 Å². The zero-order valence-electron chi connectivity index (χ0n) is 12.9. The second kappa shape index (κ2) is 6.15. The Morgan fingerprint density at radius 2 is 1.81 bits per heavy atom. The number of amides is 2. The third-order valence-electron chi connectivity index (χ3n) is 3.93. The fourth-order valence-electron chi connectivity index (χ4n) is 2.70. The highest BCUT2D eigenvalue weighted by atomic mass is 16.2. The van der Waals surface area contributed by atoms with E-state index >= 15 is 0 Å². The highest BCUT2D eigenvalue weighted by Crippen LogP contribution is 2.19. The fourth-order valence-corrected chi connectivity index (χ4v) is 2.70. The summed E-state index contributed by atoms with van der Waals surface area (Å²) in [5.41, 5.74) is 7.71. The summed E-state index contributed by atoms with van der Waals surface area (Å²) in [5.74, 6) is -0.0507. The van der Waals surface area contributed by atoms with Crippen LogP contribution in [0.1, 0.15) is 36.5 Å². The number of carbonyl (C=O) groups is 2. The van der Waals surface area contributed by atoms with E-state index in [2.05, 4.69) is 5.10 Å². The normalized spacial score (nSPS) is 16.0. The average Bonchev–Trinajstić information content (AvgIpc) is 2.64. The number of aromatic nitrogens is 2. The molecule has 1 fully saturated rings. The Balaban J connectivity index is 2.17. The van der Waals surface area contributed by atoms with Crippen LogP contribution in [0.15, 0.2) is 0 Å². The molecule has 2 rings (SSSR count). The van der Waals surface area contributed by atoms with Gasteiger partial charge in [-0.25, -0.2) is 0 Å². The molecular weight excluding hydrogens is 270 g/mol. The van der Waals surface area contributed by atoms with Gasteiger partial charge in [0.05, 0.1) is 11.4 Å². The van der Waals surface area contributed by atoms with Crippen molar-refractivity contribution in [2.24, 2.45) is 7.05 Å². The molecule has 2 N–H and O–H groups in total. The van der Waals surface area contributed by atoms with Gasteiger partial charge >= 0.3 is 0 Å². The third-order valence-corrected chi connectivity index (χ3v) is 3.93. The van der Waals surface area contributed by atoms with Crippen molar-refractivity contribution in [3.63, 3.8) is 0 Å². The van der Waals surface area contributed by atoms with Gasteiger partial charge < -0.3 is 15.5 Å².